The van der Waals surface area contributed by atoms with Gasteiger partial charge in [0.25, 0.3) is 0 Å². The maximum absolute atomic E-state index is 11.3. The fraction of sp³-hybridized carbons (Fsp3) is 0.692. The molecule has 1 rings (SSSR count). The number of aromatic nitrogens is 3. The van der Waals surface area contributed by atoms with Gasteiger partial charge in [0.15, 0.2) is 0 Å². The Hall–Kier alpha value is -2.12. The van der Waals surface area contributed by atoms with Crippen molar-refractivity contribution in [1.82, 2.24) is 15.0 Å². The molecule has 1 aromatic rings. The molecule has 0 aliphatic rings. The summed E-state index contributed by atoms with van der Waals surface area (Å²) >= 11 is 0. The summed E-state index contributed by atoms with van der Waals surface area (Å²) in [7, 11) is 1.75. The third-order valence-corrected chi connectivity index (χ3v) is 2.81. The monoisotopic (exact) mass is 296 g/mol. The van der Waals surface area contributed by atoms with E-state index in [1.54, 1.807) is 14.0 Å². The Bertz CT molecular complexity index is 450. The molecule has 0 fully saturated rings. The van der Waals surface area contributed by atoms with Crippen LogP contribution in [0.3, 0.4) is 0 Å². The zero-order valence-corrected chi connectivity index (χ0v) is 13.1. The minimum Gasteiger partial charge on any atom is -0.466 e. The van der Waals surface area contributed by atoms with E-state index in [4.69, 9.17) is 4.74 Å². The Morgan fingerprint density at radius 3 is 2.38 bits per heavy atom. The van der Waals surface area contributed by atoms with E-state index in [1.165, 1.54) is 0 Å². The molecule has 21 heavy (non-hydrogen) atoms. The molecule has 118 valence electrons. The first kappa shape index (κ1) is 16.9. The lowest BCUT2D eigenvalue weighted by Gasteiger charge is -2.19. The van der Waals surface area contributed by atoms with Gasteiger partial charge in [-0.25, -0.2) is 0 Å². The van der Waals surface area contributed by atoms with Crippen LogP contribution >= 0.6 is 0 Å². The molecular formula is C13H24N6O2. The van der Waals surface area contributed by atoms with Crippen molar-refractivity contribution in [3.05, 3.63) is 0 Å². The molecule has 8 nitrogen and oxygen atoms in total. The van der Waals surface area contributed by atoms with Crippen LogP contribution in [0.5, 0.6) is 0 Å². The summed E-state index contributed by atoms with van der Waals surface area (Å²) in [6.45, 7) is 8.30. The van der Waals surface area contributed by atoms with Gasteiger partial charge in [-0.3, -0.25) is 4.79 Å². The van der Waals surface area contributed by atoms with E-state index in [1.807, 2.05) is 18.7 Å². The summed E-state index contributed by atoms with van der Waals surface area (Å²) < 4.78 is 4.87. The van der Waals surface area contributed by atoms with Crippen LogP contribution < -0.4 is 15.5 Å². The summed E-state index contributed by atoms with van der Waals surface area (Å²) in [5.41, 5.74) is 0. The third-order valence-electron chi connectivity index (χ3n) is 2.81. The van der Waals surface area contributed by atoms with Crippen molar-refractivity contribution >= 4 is 23.8 Å². The normalized spacial score (nSPS) is 10.1. The lowest BCUT2D eigenvalue weighted by atomic mass is 10.4. The first-order valence-corrected chi connectivity index (χ1v) is 7.22. The van der Waals surface area contributed by atoms with E-state index in [0.717, 1.165) is 13.1 Å². The summed E-state index contributed by atoms with van der Waals surface area (Å²) in [5, 5.41) is 5.93. The van der Waals surface area contributed by atoms with E-state index in [2.05, 4.69) is 25.6 Å². The maximum atomic E-state index is 11.3. The van der Waals surface area contributed by atoms with Crippen molar-refractivity contribution in [2.24, 2.45) is 0 Å². The van der Waals surface area contributed by atoms with Gasteiger partial charge in [-0.1, -0.05) is 0 Å². The van der Waals surface area contributed by atoms with Crippen LogP contribution in [-0.2, 0) is 9.53 Å². The molecule has 0 aromatic carbocycles. The van der Waals surface area contributed by atoms with Gasteiger partial charge >= 0.3 is 5.97 Å². The van der Waals surface area contributed by atoms with Crippen LogP contribution in [0.1, 0.15) is 27.2 Å². The van der Waals surface area contributed by atoms with Crippen LogP contribution in [0.25, 0.3) is 0 Å². The molecule has 0 atom stereocenters. The molecule has 8 heteroatoms. The van der Waals surface area contributed by atoms with Gasteiger partial charge in [0.2, 0.25) is 17.8 Å². The van der Waals surface area contributed by atoms with Crippen LogP contribution in [-0.4, -0.2) is 54.2 Å². The Labute approximate surface area is 125 Å². The highest BCUT2D eigenvalue weighted by molar-refractivity contribution is 5.69. The average Bonchev–Trinajstić information content (AvgIpc) is 2.48. The number of carbonyl (C=O) groups is 1. The Morgan fingerprint density at radius 2 is 1.81 bits per heavy atom. The number of rotatable bonds is 9. The third kappa shape index (κ3) is 5.41. The van der Waals surface area contributed by atoms with Crippen molar-refractivity contribution in [1.29, 1.82) is 0 Å². The molecule has 0 amide bonds. The van der Waals surface area contributed by atoms with Crippen molar-refractivity contribution in [3.8, 4) is 0 Å². The number of esters is 1. The number of nitrogens with one attached hydrogen (secondary N) is 2. The zero-order chi connectivity index (χ0) is 15.7. The molecule has 0 unspecified atom stereocenters. The second-order valence-electron chi connectivity index (χ2n) is 4.19. The minimum atomic E-state index is -0.239. The number of hydrogen-bond donors (Lipinski definition) is 2. The SMILES string of the molecule is CCOC(=O)CCNc1nc(NC)nc(N(CC)CC)n1. The maximum Gasteiger partial charge on any atom is 0.307 e. The van der Waals surface area contributed by atoms with E-state index in [9.17, 15) is 4.79 Å². The number of hydrogen-bond acceptors (Lipinski definition) is 8. The summed E-state index contributed by atoms with van der Waals surface area (Å²) in [6, 6.07) is 0. The minimum absolute atomic E-state index is 0.239. The van der Waals surface area contributed by atoms with E-state index < -0.39 is 0 Å². The molecule has 0 saturated carbocycles. The molecule has 0 saturated heterocycles. The topological polar surface area (TPSA) is 92.3 Å². The average molecular weight is 296 g/mol. The molecule has 2 N–H and O–H groups in total. The van der Waals surface area contributed by atoms with E-state index in [-0.39, 0.29) is 12.4 Å². The second kappa shape index (κ2) is 8.93. The van der Waals surface area contributed by atoms with Crippen LogP contribution in [0.2, 0.25) is 0 Å². The Kier molecular flexibility index (Phi) is 7.20. The van der Waals surface area contributed by atoms with Crippen LogP contribution in [0.15, 0.2) is 0 Å². The zero-order valence-electron chi connectivity index (χ0n) is 13.1. The van der Waals surface area contributed by atoms with Gasteiger partial charge in [-0.2, -0.15) is 15.0 Å². The first-order chi connectivity index (χ1) is 10.1. The molecule has 0 aliphatic carbocycles. The summed E-state index contributed by atoms with van der Waals surface area (Å²) in [4.78, 5) is 26.2. The van der Waals surface area contributed by atoms with Gasteiger partial charge < -0.3 is 20.3 Å². The smallest absolute Gasteiger partial charge is 0.307 e. The molecule has 0 radical (unpaired) electrons. The second-order valence-corrected chi connectivity index (χ2v) is 4.19. The highest BCUT2D eigenvalue weighted by Crippen LogP contribution is 2.13. The standard InChI is InChI=1S/C13H24N6O2/c1-5-19(6-2)13-17-11(14-4)16-12(18-13)15-9-8-10(20)21-7-3/h5-9H2,1-4H3,(H2,14,15,16,17,18). The fourth-order valence-electron chi connectivity index (χ4n) is 1.71. The van der Waals surface area contributed by atoms with Gasteiger partial charge in [-0.15, -0.1) is 0 Å². The number of ether oxygens (including phenoxy) is 1. The lowest BCUT2D eigenvalue weighted by Crippen LogP contribution is -2.25. The Morgan fingerprint density at radius 1 is 1.14 bits per heavy atom. The lowest BCUT2D eigenvalue weighted by molar-refractivity contribution is -0.142. The highest BCUT2D eigenvalue weighted by atomic mass is 16.5. The quantitative estimate of drug-likeness (QED) is 0.655. The summed E-state index contributed by atoms with van der Waals surface area (Å²) in [6.07, 6.45) is 0.273. The van der Waals surface area contributed by atoms with Crippen molar-refractivity contribution < 1.29 is 9.53 Å². The Balaban J connectivity index is 2.72. The molecule has 1 heterocycles. The fourth-order valence-corrected chi connectivity index (χ4v) is 1.71. The molecule has 0 bridgehead atoms. The van der Waals surface area contributed by atoms with Gasteiger partial charge in [0, 0.05) is 26.7 Å². The number of nitrogens with zero attached hydrogens (tertiary/aromatic N) is 4. The highest BCUT2D eigenvalue weighted by Gasteiger charge is 2.10. The van der Waals surface area contributed by atoms with Crippen molar-refractivity contribution in [2.45, 2.75) is 27.2 Å². The van der Waals surface area contributed by atoms with Gasteiger partial charge in [-0.05, 0) is 20.8 Å². The molecule has 1 aromatic heterocycles. The van der Waals surface area contributed by atoms with Crippen LogP contribution in [0, 0.1) is 0 Å². The molecule has 0 aliphatic heterocycles. The van der Waals surface area contributed by atoms with E-state index >= 15 is 0 Å². The first-order valence-electron chi connectivity index (χ1n) is 7.22. The van der Waals surface area contributed by atoms with Gasteiger partial charge in [0.1, 0.15) is 0 Å². The molecular weight excluding hydrogens is 272 g/mol. The predicted molar refractivity (Wildman–Crippen MR) is 82.7 cm³/mol. The summed E-state index contributed by atoms with van der Waals surface area (Å²) in [5.74, 6) is 1.31. The molecule has 0 spiro atoms. The number of anilines is 3. The predicted octanol–water partition coefficient (Wildman–Crippen LogP) is 1.12. The van der Waals surface area contributed by atoms with E-state index in [0.29, 0.717) is 31.0 Å². The largest absolute Gasteiger partial charge is 0.466 e. The van der Waals surface area contributed by atoms with Crippen molar-refractivity contribution in [2.75, 3.05) is 48.8 Å². The van der Waals surface area contributed by atoms with Gasteiger partial charge in [0.05, 0.1) is 13.0 Å². The van der Waals surface area contributed by atoms with Crippen LogP contribution in [0.4, 0.5) is 17.8 Å². The number of carbonyl (C=O) groups excluding carboxylic acids is 1. The van der Waals surface area contributed by atoms with Crippen molar-refractivity contribution in [3.63, 3.8) is 0 Å².